The van der Waals surface area contributed by atoms with E-state index in [1.807, 2.05) is 0 Å². The Labute approximate surface area is 137 Å². The van der Waals surface area contributed by atoms with Crippen LogP contribution in [0.25, 0.3) is 0 Å². The quantitative estimate of drug-likeness (QED) is 0.573. The van der Waals surface area contributed by atoms with Gasteiger partial charge >= 0.3 is 137 Å². The Kier molecular flexibility index (Phi) is 4.48. The zero-order chi connectivity index (χ0) is 16.4. The zero-order valence-corrected chi connectivity index (χ0v) is 15.4. The van der Waals surface area contributed by atoms with E-state index in [0.29, 0.717) is 0 Å². The molecule has 0 aromatic heterocycles. The van der Waals surface area contributed by atoms with Crippen molar-refractivity contribution < 1.29 is 13.2 Å². The van der Waals surface area contributed by atoms with Crippen LogP contribution >= 0.6 is 0 Å². The van der Waals surface area contributed by atoms with Gasteiger partial charge in [0.2, 0.25) is 0 Å². The van der Waals surface area contributed by atoms with Gasteiger partial charge < -0.3 is 0 Å². The van der Waals surface area contributed by atoms with Crippen molar-refractivity contribution in [2.75, 3.05) is 0 Å². The van der Waals surface area contributed by atoms with E-state index in [0.717, 1.165) is 10.7 Å². The second-order valence-electron chi connectivity index (χ2n) is 5.65. The van der Waals surface area contributed by atoms with Crippen LogP contribution in [0.3, 0.4) is 0 Å². The molecule has 0 N–H and O–H groups in total. The first-order valence-corrected chi connectivity index (χ1v) is 14.4. The van der Waals surface area contributed by atoms with Crippen molar-refractivity contribution in [1.29, 1.82) is 0 Å². The molecule has 0 aliphatic rings. The van der Waals surface area contributed by atoms with E-state index in [2.05, 4.69) is 4.94 Å². The van der Waals surface area contributed by atoms with Gasteiger partial charge in [0, 0.05) is 0 Å². The minimum atomic E-state index is -3.37. The molecule has 116 valence electrons. The summed E-state index contributed by atoms with van der Waals surface area (Å²) in [5.74, 6) is -0.873. The van der Waals surface area contributed by atoms with Crippen LogP contribution in [0, 0.1) is 17.5 Å². The number of halogens is 3. The van der Waals surface area contributed by atoms with Gasteiger partial charge in [-0.25, -0.2) is 0 Å². The molecule has 0 spiro atoms. The van der Waals surface area contributed by atoms with Crippen LogP contribution in [-0.2, 0) is 0 Å². The average molecular weight is 419 g/mol. The molecule has 0 radical (unpaired) electrons. The Morgan fingerprint density at radius 1 is 0.478 bits per heavy atom. The fraction of sp³-hybridized carbons (Fsp3) is 0.0526. The topological polar surface area (TPSA) is 0 Å². The Morgan fingerprint density at radius 2 is 0.696 bits per heavy atom. The summed E-state index contributed by atoms with van der Waals surface area (Å²) < 4.78 is 43.1. The second kappa shape index (κ2) is 6.40. The fourth-order valence-corrected chi connectivity index (χ4v) is 12.8. The van der Waals surface area contributed by atoms with E-state index < -0.39 is 18.4 Å². The van der Waals surface area contributed by atoms with Crippen molar-refractivity contribution in [1.82, 2.24) is 0 Å². The van der Waals surface area contributed by atoms with Crippen LogP contribution in [0.4, 0.5) is 13.2 Å². The maximum atomic E-state index is 13.3. The molecule has 0 fully saturated rings. The molecule has 0 saturated heterocycles. The molecule has 3 rings (SSSR count). The van der Waals surface area contributed by atoms with Crippen LogP contribution in [0.5, 0.6) is 0 Å². The fourth-order valence-electron chi connectivity index (χ4n) is 2.85. The molecule has 0 amide bonds. The van der Waals surface area contributed by atoms with Gasteiger partial charge in [-0.1, -0.05) is 0 Å². The molecule has 0 nitrogen and oxygen atoms in total. The SMILES string of the molecule is [CH3][Sn]([c]1ccc(F)cc1)([c]1ccc(F)cc1)[c]1ccc(F)cc1. The van der Waals surface area contributed by atoms with E-state index in [-0.39, 0.29) is 17.5 Å². The number of hydrogen-bond acceptors (Lipinski definition) is 0. The number of hydrogen-bond donors (Lipinski definition) is 0. The van der Waals surface area contributed by atoms with Crippen LogP contribution in [0.2, 0.25) is 4.94 Å². The molecule has 0 aliphatic heterocycles. The summed E-state index contributed by atoms with van der Waals surface area (Å²) in [6.45, 7) is 0. The molecule has 23 heavy (non-hydrogen) atoms. The summed E-state index contributed by atoms with van der Waals surface area (Å²) >= 11 is -3.37. The van der Waals surface area contributed by atoms with Gasteiger partial charge in [0.15, 0.2) is 0 Å². The van der Waals surface area contributed by atoms with Crippen LogP contribution in [-0.4, -0.2) is 18.4 Å². The molecule has 0 bridgehead atoms. The molecule has 3 aromatic carbocycles. The van der Waals surface area contributed by atoms with Crippen molar-refractivity contribution in [2.45, 2.75) is 4.94 Å². The molecule has 0 atom stereocenters. The summed E-state index contributed by atoms with van der Waals surface area (Å²) in [5.41, 5.74) is 0. The molecular weight excluding hydrogens is 404 g/mol. The summed E-state index contributed by atoms with van der Waals surface area (Å²) in [7, 11) is 0. The summed E-state index contributed by atoms with van der Waals surface area (Å²) in [4.78, 5) is 2.17. The van der Waals surface area contributed by atoms with Gasteiger partial charge in [-0.3, -0.25) is 0 Å². The molecule has 0 unspecified atom stereocenters. The molecule has 0 saturated carbocycles. The third kappa shape index (κ3) is 3.15. The summed E-state index contributed by atoms with van der Waals surface area (Å²) in [5, 5.41) is 0. The van der Waals surface area contributed by atoms with Crippen molar-refractivity contribution in [3.8, 4) is 0 Å². The van der Waals surface area contributed by atoms with Gasteiger partial charge in [0.05, 0.1) is 0 Å². The van der Waals surface area contributed by atoms with E-state index in [1.165, 1.54) is 36.4 Å². The first-order chi connectivity index (χ1) is 11.0. The number of rotatable bonds is 3. The molecule has 4 heteroatoms. The van der Waals surface area contributed by atoms with Crippen LogP contribution < -0.4 is 10.7 Å². The predicted octanol–water partition coefficient (Wildman–Crippen LogP) is 3.20. The van der Waals surface area contributed by atoms with Gasteiger partial charge in [-0.15, -0.1) is 0 Å². The van der Waals surface area contributed by atoms with Crippen LogP contribution in [0.15, 0.2) is 72.8 Å². The standard InChI is InChI=1S/3C6H4F.CH3.Sn/c3*7-6-4-2-1-3-5-6;;/h3*2-5H;1H3;. The van der Waals surface area contributed by atoms with Gasteiger partial charge in [0.25, 0.3) is 0 Å². The van der Waals surface area contributed by atoms with Gasteiger partial charge in [-0.2, -0.15) is 0 Å². The van der Waals surface area contributed by atoms with Crippen LogP contribution in [0.1, 0.15) is 0 Å². The molecular formula is C19H15F3Sn. The van der Waals surface area contributed by atoms with Gasteiger partial charge in [-0.05, 0) is 0 Å². The third-order valence-corrected chi connectivity index (χ3v) is 17.0. The first-order valence-electron chi connectivity index (χ1n) is 7.28. The maximum absolute atomic E-state index is 13.3. The van der Waals surface area contributed by atoms with Crippen molar-refractivity contribution in [2.24, 2.45) is 0 Å². The Balaban J connectivity index is 2.21. The number of benzene rings is 3. The third-order valence-electron chi connectivity index (χ3n) is 4.26. The minimum absolute atomic E-state index is 0.291. The van der Waals surface area contributed by atoms with E-state index in [9.17, 15) is 13.2 Å². The first kappa shape index (κ1) is 16.1. The van der Waals surface area contributed by atoms with Crippen molar-refractivity contribution in [3.63, 3.8) is 0 Å². The van der Waals surface area contributed by atoms with E-state index in [4.69, 9.17) is 0 Å². The average Bonchev–Trinajstić information content (AvgIpc) is 2.56. The predicted molar refractivity (Wildman–Crippen MR) is 89.7 cm³/mol. The Hall–Kier alpha value is -1.75. The van der Waals surface area contributed by atoms with E-state index >= 15 is 0 Å². The molecule has 0 aliphatic carbocycles. The van der Waals surface area contributed by atoms with Crippen molar-refractivity contribution in [3.05, 3.63) is 90.2 Å². The summed E-state index contributed by atoms with van der Waals surface area (Å²) in [6.07, 6.45) is 0. The molecule has 0 heterocycles. The summed E-state index contributed by atoms with van der Waals surface area (Å²) in [6, 6.07) is 19.4. The normalized spacial score (nSPS) is 11.5. The second-order valence-corrected chi connectivity index (χ2v) is 17.0. The van der Waals surface area contributed by atoms with Crippen molar-refractivity contribution >= 4 is 29.1 Å². The van der Waals surface area contributed by atoms with Gasteiger partial charge in [0.1, 0.15) is 0 Å². The Morgan fingerprint density at radius 3 is 0.913 bits per heavy atom. The Bertz CT molecular complexity index is 683. The molecule has 3 aromatic rings. The zero-order valence-electron chi connectivity index (χ0n) is 12.6. The van der Waals surface area contributed by atoms with E-state index in [1.54, 1.807) is 36.4 Å². The monoisotopic (exact) mass is 420 g/mol.